The van der Waals surface area contributed by atoms with Crippen molar-refractivity contribution in [1.82, 2.24) is 15.5 Å². The summed E-state index contributed by atoms with van der Waals surface area (Å²) >= 11 is 0. The Bertz CT molecular complexity index is 603. The molecule has 0 radical (unpaired) electrons. The third-order valence-corrected chi connectivity index (χ3v) is 2.70. The SMILES string of the molecule is COCCNCC(=O)Nc1cccc(-c2noc(C)n2)c1.Cl. The van der Waals surface area contributed by atoms with Gasteiger partial charge in [0.2, 0.25) is 17.6 Å². The summed E-state index contributed by atoms with van der Waals surface area (Å²) in [4.78, 5) is 15.9. The van der Waals surface area contributed by atoms with Crippen LogP contribution in [0.1, 0.15) is 5.89 Å². The van der Waals surface area contributed by atoms with Crippen molar-refractivity contribution in [2.45, 2.75) is 6.92 Å². The summed E-state index contributed by atoms with van der Waals surface area (Å²) in [5.74, 6) is 0.885. The number of amides is 1. The molecule has 1 aromatic heterocycles. The summed E-state index contributed by atoms with van der Waals surface area (Å²) in [5, 5.41) is 9.64. The molecule has 8 heteroatoms. The highest BCUT2D eigenvalue weighted by Crippen LogP contribution is 2.19. The molecule has 0 atom stereocenters. The van der Waals surface area contributed by atoms with Crippen LogP contribution in [0, 0.1) is 6.92 Å². The van der Waals surface area contributed by atoms with Crippen LogP contribution in [0.2, 0.25) is 0 Å². The first-order chi connectivity index (χ1) is 10.2. The lowest BCUT2D eigenvalue weighted by Gasteiger charge is -2.07. The predicted molar refractivity (Wildman–Crippen MR) is 85.1 cm³/mol. The van der Waals surface area contributed by atoms with E-state index >= 15 is 0 Å². The fourth-order valence-corrected chi connectivity index (χ4v) is 1.73. The van der Waals surface area contributed by atoms with Crippen molar-refractivity contribution in [3.63, 3.8) is 0 Å². The third-order valence-electron chi connectivity index (χ3n) is 2.70. The summed E-state index contributed by atoms with van der Waals surface area (Å²) < 4.78 is 9.84. The Hall–Kier alpha value is -1.96. The van der Waals surface area contributed by atoms with Gasteiger partial charge in [-0.05, 0) is 12.1 Å². The second-order valence-corrected chi connectivity index (χ2v) is 4.44. The number of benzene rings is 1. The third kappa shape index (κ3) is 5.44. The molecule has 0 saturated heterocycles. The molecule has 7 nitrogen and oxygen atoms in total. The number of carbonyl (C=O) groups excluding carboxylic acids is 1. The van der Waals surface area contributed by atoms with E-state index < -0.39 is 0 Å². The highest BCUT2D eigenvalue weighted by Gasteiger charge is 2.07. The second-order valence-electron chi connectivity index (χ2n) is 4.44. The van der Waals surface area contributed by atoms with Crippen LogP contribution < -0.4 is 10.6 Å². The van der Waals surface area contributed by atoms with E-state index in [1.54, 1.807) is 20.1 Å². The Labute approximate surface area is 134 Å². The van der Waals surface area contributed by atoms with E-state index in [-0.39, 0.29) is 24.9 Å². The highest BCUT2D eigenvalue weighted by molar-refractivity contribution is 5.92. The van der Waals surface area contributed by atoms with Gasteiger partial charge >= 0.3 is 0 Å². The average Bonchev–Trinajstić information content (AvgIpc) is 2.91. The molecule has 0 bridgehead atoms. The van der Waals surface area contributed by atoms with E-state index in [0.717, 1.165) is 5.56 Å². The zero-order valence-electron chi connectivity index (χ0n) is 12.5. The molecule has 1 aromatic carbocycles. The van der Waals surface area contributed by atoms with E-state index in [0.29, 0.717) is 30.6 Å². The van der Waals surface area contributed by atoms with Crippen molar-refractivity contribution in [2.24, 2.45) is 0 Å². The first-order valence-corrected chi connectivity index (χ1v) is 6.59. The van der Waals surface area contributed by atoms with Crippen molar-refractivity contribution in [1.29, 1.82) is 0 Å². The number of hydrogen-bond acceptors (Lipinski definition) is 6. The molecule has 22 heavy (non-hydrogen) atoms. The molecule has 0 aliphatic rings. The number of rotatable bonds is 7. The summed E-state index contributed by atoms with van der Waals surface area (Å²) in [6.45, 7) is 3.16. The van der Waals surface area contributed by atoms with Crippen LogP contribution in [0.5, 0.6) is 0 Å². The number of aromatic nitrogens is 2. The van der Waals surface area contributed by atoms with Gasteiger partial charge in [0.05, 0.1) is 13.2 Å². The largest absolute Gasteiger partial charge is 0.383 e. The molecule has 0 aliphatic carbocycles. The number of nitrogens with one attached hydrogen (secondary N) is 2. The number of anilines is 1. The minimum atomic E-state index is -0.118. The van der Waals surface area contributed by atoms with Crippen LogP contribution in [0.3, 0.4) is 0 Å². The Morgan fingerprint density at radius 3 is 2.91 bits per heavy atom. The maximum Gasteiger partial charge on any atom is 0.238 e. The molecule has 2 rings (SSSR count). The van der Waals surface area contributed by atoms with Gasteiger partial charge in [-0.1, -0.05) is 17.3 Å². The van der Waals surface area contributed by atoms with Crippen LogP contribution in [0.15, 0.2) is 28.8 Å². The number of aryl methyl sites for hydroxylation is 1. The molecule has 1 amide bonds. The van der Waals surface area contributed by atoms with Crippen LogP contribution in [-0.4, -0.2) is 42.9 Å². The Morgan fingerprint density at radius 1 is 1.41 bits per heavy atom. The van der Waals surface area contributed by atoms with Gasteiger partial charge in [-0.3, -0.25) is 4.79 Å². The van der Waals surface area contributed by atoms with Crippen molar-refractivity contribution < 1.29 is 14.1 Å². The van der Waals surface area contributed by atoms with Gasteiger partial charge < -0.3 is 19.9 Å². The first kappa shape index (κ1) is 18.1. The van der Waals surface area contributed by atoms with Gasteiger partial charge in [0.15, 0.2) is 0 Å². The molecule has 0 unspecified atom stereocenters. The van der Waals surface area contributed by atoms with E-state index in [1.165, 1.54) is 0 Å². The fraction of sp³-hybridized carbons (Fsp3) is 0.357. The highest BCUT2D eigenvalue weighted by atomic mass is 35.5. The Balaban J connectivity index is 0.00000242. The van der Waals surface area contributed by atoms with Crippen LogP contribution in [-0.2, 0) is 9.53 Å². The van der Waals surface area contributed by atoms with Crippen molar-refractivity contribution >= 4 is 24.0 Å². The second kappa shape index (κ2) is 9.14. The number of ether oxygens (including phenoxy) is 1. The van der Waals surface area contributed by atoms with Gasteiger partial charge in [-0.15, -0.1) is 12.4 Å². The summed E-state index contributed by atoms with van der Waals surface area (Å²) in [6, 6.07) is 7.30. The predicted octanol–water partition coefficient (Wildman–Crippen LogP) is 1.64. The van der Waals surface area contributed by atoms with Crippen LogP contribution >= 0.6 is 12.4 Å². The molecule has 2 N–H and O–H groups in total. The molecular formula is C14H19ClN4O3. The van der Waals surface area contributed by atoms with Crippen molar-refractivity contribution in [3.8, 4) is 11.4 Å². The van der Waals surface area contributed by atoms with E-state index in [2.05, 4.69) is 20.8 Å². The average molecular weight is 327 g/mol. The zero-order valence-corrected chi connectivity index (χ0v) is 13.3. The molecule has 120 valence electrons. The van der Waals surface area contributed by atoms with Gasteiger partial charge in [0, 0.05) is 31.8 Å². The van der Waals surface area contributed by atoms with Crippen molar-refractivity contribution in [3.05, 3.63) is 30.2 Å². The molecule has 0 aliphatic heterocycles. The number of hydrogen-bond donors (Lipinski definition) is 2. The number of halogens is 1. The molecule has 0 spiro atoms. The zero-order chi connectivity index (χ0) is 15.1. The van der Waals surface area contributed by atoms with Crippen LogP contribution in [0.25, 0.3) is 11.4 Å². The molecule has 0 fully saturated rings. The molecular weight excluding hydrogens is 308 g/mol. The maximum absolute atomic E-state index is 11.8. The first-order valence-electron chi connectivity index (χ1n) is 6.59. The normalized spacial score (nSPS) is 10.1. The van der Waals surface area contributed by atoms with E-state index in [9.17, 15) is 4.79 Å². The van der Waals surface area contributed by atoms with E-state index in [4.69, 9.17) is 9.26 Å². The molecule has 0 saturated carbocycles. The summed E-state index contributed by atoms with van der Waals surface area (Å²) in [5.41, 5.74) is 1.48. The molecule has 1 heterocycles. The number of carbonyl (C=O) groups is 1. The van der Waals surface area contributed by atoms with Gasteiger partial charge in [0.25, 0.3) is 0 Å². The van der Waals surface area contributed by atoms with E-state index in [1.807, 2.05) is 18.2 Å². The van der Waals surface area contributed by atoms with Crippen LogP contribution in [0.4, 0.5) is 5.69 Å². The lowest BCUT2D eigenvalue weighted by molar-refractivity contribution is -0.115. The lowest BCUT2D eigenvalue weighted by Crippen LogP contribution is -2.30. The summed E-state index contributed by atoms with van der Waals surface area (Å²) in [7, 11) is 1.62. The monoisotopic (exact) mass is 326 g/mol. The van der Waals surface area contributed by atoms with Gasteiger partial charge in [0.1, 0.15) is 0 Å². The Morgan fingerprint density at radius 2 is 2.23 bits per heavy atom. The van der Waals surface area contributed by atoms with Gasteiger partial charge in [-0.25, -0.2) is 0 Å². The smallest absolute Gasteiger partial charge is 0.238 e. The minimum Gasteiger partial charge on any atom is -0.383 e. The number of methoxy groups -OCH3 is 1. The number of nitrogens with zero attached hydrogens (tertiary/aromatic N) is 2. The van der Waals surface area contributed by atoms with Gasteiger partial charge in [-0.2, -0.15) is 4.98 Å². The summed E-state index contributed by atoms with van der Waals surface area (Å²) in [6.07, 6.45) is 0. The quantitative estimate of drug-likeness (QED) is 0.752. The molecule has 2 aromatic rings. The minimum absolute atomic E-state index is 0. The standard InChI is InChI=1S/C14H18N4O3.ClH/c1-10-16-14(18-21-10)11-4-3-5-12(8-11)17-13(19)9-15-6-7-20-2;/h3-5,8,15H,6-7,9H2,1-2H3,(H,17,19);1H. The topological polar surface area (TPSA) is 89.3 Å². The fourth-order valence-electron chi connectivity index (χ4n) is 1.73. The lowest BCUT2D eigenvalue weighted by atomic mass is 10.2. The maximum atomic E-state index is 11.8. The Kier molecular flexibility index (Phi) is 7.51. The van der Waals surface area contributed by atoms with Crippen molar-refractivity contribution in [2.75, 3.05) is 32.1 Å².